The molecule has 3 rings (SSSR count). The van der Waals surface area contributed by atoms with Gasteiger partial charge in [0, 0.05) is 17.0 Å². The first kappa shape index (κ1) is 13.0. The highest BCUT2D eigenvalue weighted by Gasteiger charge is 2.09. The Morgan fingerprint density at radius 3 is 2.68 bits per heavy atom. The quantitative estimate of drug-likeness (QED) is 0.610. The van der Waals surface area contributed by atoms with Crippen LogP contribution in [0.25, 0.3) is 21.7 Å². The van der Waals surface area contributed by atoms with Crippen LogP contribution in [0.4, 0.5) is 10.2 Å². The molecule has 98 valence electrons. The molecule has 2 heterocycles. The van der Waals surface area contributed by atoms with Crippen LogP contribution in [0.15, 0.2) is 35.3 Å². The minimum atomic E-state index is -0.410. The Morgan fingerprint density at radius 1 is 1.21 bits per heavy atom. The number of pyridine rings is 2. The summed E-state index contributed by atoms with van der Waals surface area (Å²) in [5.41, 5.74) is 5.94. The summed E-state index contributed by atoms with van der Waals surface area (Å²) in [5.74, 6) is -0.120. The van der Waals surface area contributed by atoms with Gasteiger partial charge in [0.1, 0.15) is 11.6 Å². The topological polar surface area (TPSA) is 71.8 Å². The number of aromatic nitrogens is 2. The number of hydrogen-bond donors (Lipinski definition) is 2. The maximum Gasteiger partial charge on any atom is 0.258 e. The predicted molar refractivity (Wildman–Crippen MR) is 75.6 cm³/mol. The van der Waals surface area contributed by atoms with Crippen LogP contribution in [0, 0.1) is 5.82 Å². The molecule has 0 amide bonds. The van der Waals surface area contributed by atoms with Crippen molar-refractivity contribution in [2.45, 2.75) is 13.8 Å². The summed E-state index contributed by atoms with van der Waals surface area (Å²) in [7, 11) is 0. The highest BCUT2D eigenvalue weighted by Crippen LogP contribution is 2.25. The number of H-pyrrole nitrogens is 1. The molecule has 1 aromatic carbocycles. The molecule has 5 heteroatoms. The molecule has 2 aromatic heterocycles. The SMILES string of the molecule is CC.Nc1nc2cc[nH]c(=O)c2c2cc(F)ccc12. The van der Waals surface area contributed by atoms with Gasteiger partial charge in [-0.3, -0.25) is 4.79 Å². The fourth-order valence-electron chi connectivity index (χ4n) is 1.96. The van der Waals surface area contributed by atoms with E-state index in [-0.39, 0.29) is 11.4 Å². The third-order valence-electron chi connectivity index (χ3n) is 2.71. The van der Waals surface area contributed by atoms with Crippen molar-refractivity contribution in [1.29, 1.82) is 0 Å². The van der Waals surface area contributed by atoms with Crippen LogP contribution >= 0.6 is 0 Å². The van der Waals surface area contributed by atoms with E-state index < -0.39 is 5.82 Å². The molecular formula is C14H14FN3O. The third kappa shape index (κ3) is 2.14. The molecule has 0 aliphatic carbocycles. The van der Waals surface area contributed by atoms with Crippen molar-refractivity contribution in [1.82, 2.24) is 9.97 Å². The molecule has 0 saturated carbocycles. The van der Waals surface area contributed by atoms with E-state index in [0.29, 0.717) is 21.7 Å². The van der Waals surface area contributed by atoms with Gasteiger partial charge in [0.15, 0.2) is 0 Å². The van der Waals surface area contributed by atoms with Crippen LogP contribution in [0.1, 0.15) is 13.8 Å². The van der Waals surface area contributed by atoms with Gasteiger partial charge in [0.05, 0.1) is 10.9 Å². The smallest absolute Gasteiger partial charge is 0.258 e. The van der Waals surface area contributed by atoms with E-state index in [9.17, 15) is 9.18 Å². The monoisotopic (exact) mass is 259 g/mol. The van der Waals surface area contributed by atoms with Gasteiger partial charge in [-0.15, -0.1) is 0 Å². The summed E-state index contributed by atoms with van der Waals surface area (Å²) >= 11 is 0. The number of aromatic amines is 1. The molecule has 0 bridgehead atoms. The molecular weight excluding hydrogens is 245 g/mol. The van der Waals surface area contributed by atoms with E-state index in [1.807, 2.05) is 13.8 Å². The Kier molecular flexibility index (Phi) is 3.46. The molecule has 0 spiro atoms. The molecule has 4 nitrogen and oxygen atoms in total. The summed E-state index contributed by atoms with van der Waals surface area (Å²) < 4.78 is 13.3. The second-order valence-electron chi connectivity index (χ2n) is 3.75. The van der Waals surface area contributed by atoms with Crippen molar-refractivity contribution in [3.05, 3.63) is 46.6 Å². The van der Waals surface area contributed by atoms with Crippen LogP contribution in [0.2, 0.25) is 0 Å². The van der Waals surface area contributed by atoms with Crippen LogP contribution in [-0.2, 0) is 0 Å². The van der Waals surface area contributed by atoms with Crippen molar-refractivity contribution < 1.29 is 4.39 Å². The Balaban J connectivity index is 0.000000637. The number of benzene rings is 1. The Labute approximate surface area is 109 Å². The normalized spacial score (nSPS) is 10.3. The average Bonchev–Trinajstić information content (AvgIpc) is 2.40. The first-order valence-corrected chi connectivity index (χ1v) is 6.03. The van der Waals surface area contributed by atoms with Gasteiger partial charge in [-0.05, 0) is 24.3 Å². The zero-order valence-electron chi connectivity index (χ0n) is 10.7. The average molecular weight is 259 g/mol. The lowest BCUT2D eigenvalue weighted by Crippen LogP contribution is -2.07. The molecule has 0 atom stereocenters. The van der Waals surface area contributed by atoms with Crippen molar-refractivity contribution in [2.24, 2.45) is 0 Å². The van der Waals surface area contributed by atoms with Crippen molar-refractivity contribution in [3.63, 3.8) is 0 Å². The fourth-order valence-corrected chi connectivity index (χ4v) is 1.96. The van der Waals surface area contributed by atoms with Crippen LogP contribution in [-0.4, -0.2) is 9.97 Å². The van der Waals surface area contributed by atoms with Gasteiger partial charge >= 0.3 is 0 Å². The van der Waals surface area contributed by atoms with Crippen molar-refractivity contribution in [3.8, 4) is 0 Å². The Morgan fingerprint density at radius 2 is 1.95 bits per heavy atom. The van der Waals surface area contributed by atoms with E-state index in [4.69, 9.17) is 5.73 Å². The second-order valence-corrected chi connectivity index (χ2v) is 3.75. The van der Waals surface area contributed by atoms with Crippen molar-refractivity contribution >= 4 is 27.5 Å². The first-order valence-electron chi connectivity index (χ1n) is 6.03. The molecule has 0 radical (unpaired) electrons. The number of nitrogens with two attached hydrogens (primary N) is 1. The summed E-state index contributed by atoms with van der Waals surface area (Å²) in [6, 6.07) is 5.75. The zero-order chi connectivity index (χ0) is 14.0. The Hall–Kier alpha value is -2.43. The van der Waals surface area contributed by atoms with Gasteiger partial charge < -0.3 is 10.7 Å². The second kappa shape index (κ2) is 5.06. The number of rotatable bonds is 0. The minimum absolute atomic E-state index is 0.290. The molecule has 0 fully saturated rings. The highest BCUT2D eigenvalue weighted by molar-refractivity contribution is 6.09. The lowest BCUT2D eigenvalue weighted by atomic mass is 10.1. The van der Waals surface area contributed by atoms with Gasteiger partial charge in [-0.1, -0.05) is 13.8 Å². The summed E-state index contributed by atoms with van der Waals surface area (Å²) in [5, 5.41) is 1.42. The van der Waals surface area contributed by atoms with Gasteiger partial charge in [-0.25, -0.2) is 9.37 Å². The summed E-state index contributed by atoms with van der Waals surface area (Å²) in [6.07, 6.45) is 1.49. The van der Waals surface area contributed by atoms with E-state index in [2.05, 4.69) is 9.97 Å². The number of nitrogen functional groups attached to an aromatic ring is 1. The number of nitrogens with zero attached hydrogens (tertiary/aromatic N) is 1. The summed E-state index contributed by atoms with van der Waals surface area (Å²) in [6.45, 7) is 4.00. The molecule has 0 aliphatic rings. The van der Waals surface area contributed by atoms with Gasteiger partial charge in [-0.2, -0.15) is 0 Å². The molecule has 0 saturated heterocycles. The van der Waals surface area contributed by atoms with Crippen LogP contribution < -0.4 is 11.3 Å². The maximum atomic E-state index is 13.3. The lowest BCUT2D eigenvalue weighted by molar-refractivity contribution is 0.630. The van der Waals surface area contributed by atoms with Crippen LogP contribution in [0.3, 0.4) is 0 Å². The van der Waals surface area contributed by atoms with E-state index >= 15 is 0 Å². The number of nitrogens with one attached hydrogen (secondary N) is 1. The first-order chi connectivity index (χ1) is 9.16. The number of halogens is 1. The minimum Gasteiger partial charge on any atom is -0.383 e. The molecule has 3 N–H and O–H groups in total. The molecule has 0 aliphatic heterocycles. The van der Waals surface area contributed by atoms with Crippen molar-refractivity contribution in [2.75, 3.05) is 5.73 Å². The van der Waals surface area contributed by atoms with E-state index in [1.165, 1.54) is 24.4 Å². The number of hydrogen-bond acceptors (Lipinski definition) is 3. The Bertz CT molecular complexity index is 796. The third-order valence-corrected chi connectivity index (χ3v) is 2.71. The van der Waals surface area contributed by atoms with E-state index in [1.54, 1.807) is 6.07 Å². The maximum absolute atomic E-state index is 13.3. The number of anilines is 1. The van der Waals surface area contributed by atoms with Crippen LogP contribution in [0.5, 0.6) is 0 Å². The standard InChI is InChI=1S/C12H8FN3O.C2H6/c13-6-1-2-7-8(5-6)10-9(16-11(7)14)3-4-15-12(10)17;1-2/h1-5H,(H2,14,16)(H,15,17);1-2H3. The largest absolute Gasteiger partial charge is 0.383 e. The summed E-state index contributed by atoms with van der Waals surface area (Å²) in [4.78, 5) is 18.4. The lowest BCUT2D eigenvalue weighted by Gasteiger charge is -2.05. The number of fused-ring (bicyclic) bond motifs is 3. The van der Waals surface area contributed by atoms with E-state index in [0.717, 1.165) is 0 Å². The highest BCUT2D eigenvalue weighted by atomic mass is 19.1. The molecule has 0 unspecified atom stereocenters. The molecule has 19 heavy (non-hydrogen) atoms. The fraction of sp³-hybridized carbons (Fsp3) is 0.143. The molecule has 3 aromatic rings. The van der Waals surface area contributed by atoms with Gasteiger partial charge in [0.2, 0.25) is 0 Å². The van der Waals surface area contributed by atoms with Gasteiger partial charge in [0.25, 0.3) is 5.56 Å². The predicted octanol–water partition coefficient (Wildman–Crippen LogP) is 2.82. The zero-order valence-corrected chi connectivity index (χ0v) is 10.7.